The number of carbonyl (C=O) groups excluding carboxylic acids is 1. The lowest BCUT2D eigenvalue weighted by atomic mass is 10.3. The van der Waals surface area contributed by atoms with Crippen molar-refractivity contribution in [1.82, 2.24) is 5.32 Å². The molecule has 0 aromatic heterocycles. The van der Waals surface area contributed by atoms with E-state index in [4.69, 9.17) is 5.11 Å². The van der Waals surface area contributed by atoms with Crippen LogP contribution in [0.4, 0.5) is 8.78 Å². The summed E-state index contributed by atoms with van der Waals surface area (Å²) in [6.45, 7) is 1.60. The summed E-state index contributed by atoms with van der Waals surface area (Å²) in [7, 11) is 0. The van der Waals surface area contributed by atoms with Crippen molar-refractivity contribution in [2.75, 3.05) is 6.61 Å². The van der Waals surface area contributed by atoms with Crippen molar-refractivity contribution >= 4 is 5.91 Å². The molecule has 0 aromatic rings. The van der Waals surface area contributed by atoms with Crippen LogP contribution in [0.3, 0.4) is 0 Å². The van der Waals surface area contributed by atoms with Gasteiger partial charge in [-0.2, -0.15) is 8.78 Å². The zero-order valence-corrected chi connectivity index (χ0v) is 6.40. The summed E-state index contributed by atoms with van der Waals surface area (Å²) < 4.78 is 24.2. The number of hydrogen-bond donors (Lipinski definition) is 2. The molecule has 0 rings (SSSR count). The fourth-order valence-electron chi connectivity index (χ4n) is 0.396. The number of halogens is 2. The number of rotatable bonds is 3. The molecular weight excluding hydrogens is 156 g/mol. The van der Waals surface area contributed by atoms with E-state index in [2.05, 4.69) is 0 Å². The first-order valence-corrected chi connectivity index (χ1v) is 3.17. The lowest BCUT2D eigenvalue weighted by Crippen LogP contribution is -2.43. The summed E-state index contributed by atoms with van der Waals surface area (Å²) in [4.78, 5) is 10.5. The summed E-state index contributed by atoms with van der Waals surface area (Å²) in [5.74, 6) is -4.73. The molecule has 0 aliphatic rings. The van der Waals surface area contributed by atoms with Gasteiger partial charge in [-0.1, -0.05) is 0 Å². The first-order chi connectivity index (χ1) is 4.88. The van der Waals surface area contributed by atoms with Crippen LogP contribution in [0.15, 0.2) is 0 Å². The summed E-state index contributed by atoms with van der Waals surface area (Å²) in [6.07, 6.45) is 0. The largest absolute Gasteiger partial charge is 0.394 e. The molecule has 5 heteroatoms. The molecule has 2 N–H and O–H groups in total. The van der Waals surface area contributed by atoms with Gasteiger partial charge in [0.05, 0.1) is 6.61 Å². The standard InChI is InChI=1S/C6H11F2NO2/c1-4(3-10)9-5(11)6(2,7)8/h4,10H,3H2,1-2H3,(H,9,11)/t4-/m0/s1. The van der Waals surface area contributed by atoms with E-state index < -0.39 is 17.9 Å². The Kier molecular flexibility index (Phi) is 3.38. The highest BCUT2D eigenvalue weighted by Crippen LogP contribution is 2.10. The Hall–Kier alpha value is -0.710. The summed E-state index contributed by atoms with van der Waals surface area (Å²) in [6, 6.07) is -0.631. The Morgan fingerprint density at radius 1 is 1.73 bits per heavy atom. The van der Waals surface area contributed by atoms with Crippen molar-refractivity contribution in [2.24, 2.45) is 0 Å². The second-order valence-corrected chi connectivity index (χ2v) is 2.45. The van der Waals surface area contributed by atoms with Gasteiger partial charge in [-0.05, 0) is 6.92 Å². The number of nitrogens with one attached hydrogen (secondary N) is 1. The maximum Gasteiger partial charge on any atom is 0.321 e. The summed E-state index contributed by atoms with van der Waals surface area (Å²) >= 11 is 0. The van der Waals surface area contributed by atoms with Gasteiger partial charge in [0, 0.05) is 13.0 Å². The molecule has 0 aliphatic carbocycles. The Morgan fingerprint density at radius 2 is 2.18 bits per heavy atom. The van der Waals surface area contributed by atoms with E-state index in [1.165, 1.54) is 6.92 Å². The highest BCUT2D eigenvalue weighted by molar-refractivity contribution is 5.83. The quantitative estimate of drug-likeness (QED) is 0.628. The summed E-state index contributed by atoms with van der Waals surface area (Å²) in [5.41, 5.74) is 0. The van der Waals surface area contributed by atoms with Crippen LogP contribution >= 0.6 is 0 Å². The van der Waals surface area contributed by atoms with Gasteiger partial charge in [-0.3, -0.25) is 4.79 Å². The number of carbonyl (C=O) groups is 1. The summed E-state index contributed by atoms with van der Waals surface area (Å²) in [5, 5.41) is 10.3. The number of hydrogen-bond acceptors (Lipinski definition) is 2. The van der Waals surface area contributed by atoms with Crippen LogP contribution < -0.4 is 5.32 Å². The van der Waals surface area contributed by atoms with E-state index in [9.17, 15) is 13.6 Å². The molecule has 11 heavy (non-hydrogen) atoms. The minimum absolute atomic E-state index is 0.345. The third-order valence-corrected chi connectivity index (χ3v) is 1.05. The molecule has 0 saturated carbocycles. The predicted octanol–water partition coefficient (Wildman–Crippen LogP) is 0.139. The van der Waals surface area contributed by atoms with Gasteiger partial charge < -0.3 is 10.4 Å². The van der Waals surface area contributed by atoms with Crippen LogP contribution in [0.25, 0.3) is 0 Å². The molecule has 0 bridgehead atoms. The minimum atomic E-state index is -3.37. The Morgan fingerprint density at radius 3 is 2.45 bits per heavy atom. The van der Waals surface area contributed by atoms with E-state index in [0.29, 0.717) is 6.92 Å². The maximum atomic E-state index is 12.1. The number of aliphatic hydroxyl groups is 1. The average Bonchev–Trinajstić information content (AvgIpc) is 1.85. The molecule has 0 heterocycles. The van der Waals surface area contributed by atoms with Crippen LogP contribution in [-0.4, -0.2) is 29.6 Å². The van der Waals surface area contributed by atoms with E-state index in [0.717, 1.165) is 0 Å². The number of amides is 1. The fraction of sp³-hybridized carbons (Fsp3) is 0.833. The third kappa shape index (κ3) is 3.87. The Labute approximate surface area is 63.4 Å². The van der Waals surface area contributed by atoms with E-state index in [-0.39, 0.29) is 6.61 Å². The van der Waals surface area contributed by atoms with Gasteiger partial charge in [0.15, 0.2) is 0 Å². The van der Waals surface area contributed by atoms with Gasteiger partial charge in [0.1, 0.15) is 0 Å². The normalized spacial score (nSPS) is 14.3. The molecule has 0 spiro atoms. The van der Waals surface area contributed by atoms with Crippen molar-refractivity contribution in [1.29, 1.82) is 0 Å². The molecule has 0 aliphatic heterocycles. The first-order valence-electron chi connectivity index (χ1n) is 3.17. The smallest absolute Gasteiger partial charge is 0.321 e. The van der Waals surface area contributed by atoms with Crippen LogP contribution in [-0.2, 0) is 4.79 Å². The molecular formula is C6H11F2NO2. The van der Waals surface area contributed by atoms with Crippen molar-refractivity contribution in [2.45, 2.75) is 25.8 Å². The molecule has 3 nitrogen and oxygen atoms in total. The fourth-order valence-corrected chi connectivity index (χ4v) is 0.396. The second kappa shape index (κ2) is 3.61. The highest BCUT2D eigenvalue weighted by Gasteiger charge is 2.32. The molecule has 1 atom stereocenters. The maximum absolute atomic E-state index is 12.1. The Balaban J connectivity index is 3.88. The van der Waals surface area contributed by atoms with Crippen molar-refractivity contribution in [3.05, 3.63) is 0 Å². The first kappa shape index (κ1) is 10.3. The van der Waals surface area contributed by atoms with E-state index >= 15 is 0 Å². The van der Waals surface area contributed by atoms with E-state index in [1.54, 1.807) is 0 Å². The molecule has 0 unspecified atom stereocenters. The zero-order chi connectivity index (χ0) is 9.07. The minimum Gasteiger partial charge on any atom is -0.394 e. The predicted molar refractivity (Wildman–Crippen MR) is 35.3 cm³/mol. The molecule has 0 fully saturated rings. The van der Waals surface area contributed by atoms with Crippen LogP contribution in [0.2, 0.25) is 0 Å². The average molecular weight is 167 g/mol. The highest BCUT2D eigenvalue weighted by atomic mass is 19.3. The van der Waals surface area contributed by atoms with Gasteiger partial charge in [0.25, 0.3) is 5.91 Å². The Bertz CT molecular complexity index is 144. The number of aliphatic hydroxyl groups excluding tert-OH is 1. The van der Waals surface area contributed by atoms with Gasteiger partial charge in [-0.25, -0.2) is 0 Å². The van der Waals surface area contributed by atoms with Crippen LogP contribution in [0.5, 0.6) is 0 Å². The monoisotopic (exact) mass is 167 g/mol. The SMILES string of the molecule is C[C@@H](CO)NC(=O)C(C)(F)F. The lowest BCUT2D eigenvalue weighted by Gasteiger charge is -2.14. The number of alkyl halides is 2. The molecule has 0 saturated heterocycles. The topological polar surface area (TPSA) is 49.3 Å². The van der Waals surface area contributed by atoms with Crippen LogP contribution in [0, 0.1) is 0 Å². The molecule has 1 amide bonds. The molecule has 66 valence electrons. The van der Waals surface area contributed by atoms with E-state index in [1.807, 2.05) is 5.32 Å². The molecule has 0 aromatic carbocycles. The van der Waals surface area contributed by atoms with Crippen molar-refractivity contribution in [3.63, 3.8) is 0 Å². The van der Waals surface area contributed by atoms with Gasteiger partial charge in [-0.15, -0.1) is 0 Å². The molecule has 0 radical (unpaired) electrons. The second-order valence-electron chi connectivity index (χ2n) is 2.45. The van der Waals surface area contributed by atoms with Crippen molar-refractivity contribution < 1.29 is 18.7 Å². The van der Waals surface area contributed by atoms with Gasteiger partial charge >= 0.3 is 5.92 Å². The van der Waals surface area contributed by atoms with Gasteiger partial charge in [0.2, 0.25) is 0 Å². The third-order valence-electron chi connectivity index (χ3n) is 1.05. The van der Waals surface area contributed by atoms with Crippen molar-refractivity contribution in [3.8, 4) is 0 Å². The lowest BCUT2D eigenvalue weighted by molar-refractivity contribution is -0.144. The van der Waals surface area contributed by atoms with Crippen LogP contribution in [0.1, 0.15) is 13.8 Å². The zero-order valence-electron chi connectivity index (χ0n) is 6.40.